The minimum Gasteiger partial charge on any atom is -0.310 e. The van der Waals surface area contributed by atoms with E-state index in [4.69, 9.17) is 0 Å². The van der Waals surface area contributed by atoms with Crippen molar-refractivity contribution in [1.29, 1.82) is 0 Å². The smallest absolute Gasteiger partial charge is 0.0537 e. The van der Waals surface area contributed by atoms with Crippen molar-refractivity contribution in [2.24, 2.45) is 0 Å². The van der Waals surface area contributed by atoms with Crippen molar-refractivity contribution in [2.75, 3.05) is 12.0 Å². The van der Waals surface area contributed by atoms with Gasteiger partial charge in [-0.15, -0.1) is 0 Å². The van der Waals surface area contributed by atoms with Gasteiger partial charge in [-0.2, -0.15) is 16.9 Å². The van der Waals surface area contributed by atoms with E-state index in [1.165, 1.54) is 24.1 Å². The Morgan fingerprint density at radius 3 is 3.07 bits per heavy atom. The normalized spacial score (nSPS) is 15.9. The first kappa shape index (κ1) is 11.0. The second kappa shape index (κ2) is 5.03. The van der Waals surface area contributed by atoms with Crippen LogP contribution in [0.3, 0.4) is 0 Å². The Kier molecular flexibility index (Phi) is 3.70. The van der Waals surface area contributed by atoms with E-state index in [1.807, 2.05) is 18.0 Å². The highest BCUT2D eigenvalue weighted by atomic mass is 32.2. The van der Waals surface area contributed by atoms with Crippen molar-refractivity contribution < 1.29 is 0 Å². The second-order valence-electron chi connectivity index (χ2n) is 4.13. The van der Waals surface area contributed by atoms with E-state index in [-0.39, 0.29) is 0 Å². The molecule has 1 aromatic heterocycles. The number of aromatic nitrogens is 2. The first-order valence-corrected chi connectivity index (χ1v) is 6.94. The number of hydrogen-bond donors (Lipinski definition) is 1. The summed E-state index contributed by atoms with van der Waals surface area (Å²) in [6.07, 6.45) is 6.83. The molecule has 0 amide bonds. The minimum absolute atomic E-state index is 0.777. The predicted molar refractivity (Wildman–Crippen MR) is 65.2 cm³/mol. The summed E-state index contributed by atoms with van der Waals surface area (Å²) in [6, 6.07) is 0.777. The summed E-state index contributed by atoms with van der Waals surface area (Å²) in [5.74, 6) is 1.14. The van der Waals surface area contributed by atoms with Gasteiger partial charge in [0.25, 0.3) is 0 Å². The molecule has 0 radical (unpaired) electrons. The van der Waals surface area contributed by atoms with Gasteiger partial charge in [-0.1, -0.05) is 0 Å². The van der Waals surface area contributed by atoms with Gasteiger partial charge in [0, 0.05) is 29.6 Å². The van der Waals surface area contributed by atoms with Crippen LogP contribution in [0.4, 0.5) is 0 Å². The van der Waals surface area contributed by atoms with Gasteiger partial charge in [-0.25, -0.2) is 0 Å². The number of nitrogens with one attached hydrogen (secondary N) is 1. The van der Waals surface area contributed by atoms with E-state index in [9.17, 15) is 0 Å². The summed E-state index contributed by atoms with van der Waals surface area (Å²) in [6.45, 7) is 4.17. The summed E-state index contributed by atoms with van der Waals surface area (Å²) in [7, 11) is 0. The maximum atomic E-state index is 4.41. The zero-order chi connectivity index (χ0) is 10.7. The van der Waals surface area contributed by atoms with Crippen LogP contribution in [0.1, 0.15) is 24.1 Å². The molecule has 0 saturated heterocycles. The highest BCUT2D eigenvalue weighted by Crippen LogP contribution is 2.19. The van der Waals surface area contributed by atoms with Gasteiger partial charge < -0.3 is 5.32 Å². The molecule has 0 spiro atoms. The van der Waals surface area contributed by atoms with Crippen LogP contribution >= 0.6 is 11.8 Å². The molecule has 3 nitrogen and oxygen atoms in total. The Labute approximate surface area is 95.6 Å². The third-order valence-electron chi connectivity index (χ3n) is 2.87. The van der Waals surface area contributed by atoms with Crippen LogP contribution in [0, 0.1) is 6.92 Å². The molecule has 4 heteroatoms. The molecule has 84 valence electrons. The molecular formula is C11H19N3S. The van der Waals surface area contributed by atoms with Gasteiger partial charge in [0.2, 0.25) is 0 Å². The Morgan fingerprint density at radius 1 is 1.60 bits per heavy atom. The van der Waals surface area contributed by atoms with Crippen LogP contribution < -0.4 is 5.32 Å². The average Bonchev–Trinajstić information content (AvgIpc) is 3.00. The molecule has 0 aliphatic heterocycles. The number of hydrogen-bond acceptors (Lipinski definition) is 3. The molecule has 1 aliphatic rings. The second-order valence-corrected chi connectivity index (χ2v) is 5.11. The fourth-order valence-corrected chi connectivity index (χ4v) is 1.96. The molecule has 1 N–H and O–H groups in total. The van der Waals surface area contributed by atoms with Gasteiger partial charge in [-0.3, -0.25) is 4.68 Å². The largest absolute Gasteiger partial charge is 0.310 e. The fourth-order valence-electron chi connectivity index (χ4n) is 1.60. The monoisotopic (exact) mass is 225 g/mol. The Bertz CT molecular complexity index is 318. The van der Waals surface area contributed by atoms with Crippen molar-refractivity contribution in [3.05, 3.63) is 17.5 Å². The Balaban J connectivity index is 1.89. The molecule has 1 aliphatic carbocycles. The Morgan fingerprint density at radius 2 is 2.40 bits per heavy atom. The van der Waals surface area contributed by atoms with Gasteiger partial charge in [-0.05, 0) is 26.0 Å². The maximum absolute atomic E-state index is 4.41. The molecule has 15 heavy (non-hydrogen) atoms. The predicted octanol–water partition coefficient (Wildman–Crippen LogP) is 1.81. The third-order valence-corrected chi connectivity index (χ3v) is 3.46. The van der Waals surface area contributed by atoms with Crippen LogP contribution in [0.5, 0.6) is 0 Å². The van der Waals surface area contributed by atoms with Crippen LogP contribution in [0.15, 0.2) is 6.20 Å². The molecule has 0 unspecified atom stereocenters. The quantitative estimate of drug-likeness (QED) is 0.801. The standard InChI is InChI=1S/C11H19N3S/c1-9-10(7-12-11-3-4-11)8-13-14(9)5-6-15-2/h8,11-12H,3-7H2,1-2H3. The topological polar surface area (TPSA) is 29.9 Å². The highest BCUT2D eigenvalue weighted by molar-refractivity contribution is 7.98. The van der Waals surface area contributed by atoms with Crippen molar-refractivity contribution in [2.45, 2.75) is 38.9 Å². The fraction of sp³-hybridized carbons (Fsp3) is 0.727. The molecule has 0 aromatic carbocycles. The van der Waals surface area contributed by atoms with Crippen LogP contribution in [0.2, 0.25) is 0 Å². The summed E-state index contributed by atoms with van der Waals surface area (Å²) in [5, 5.41) is 7.94. The molecule has 1 saturated carbocycles. The van der Waals surface area contributed by atoms with Crippen LogP contribution in [-0.4, -0.2) is 27.8 Å². The van der Waals surface area contributed by atoms with E-state index >= 15 is 0 Å². The molecule has 1 aromatic rings. The molecule has 0 atom stereocenters. The first-order valence-electron chi connectivity index (χ1n) is 5.55. The molecule has 1 heterocycles. The highest BCUT2D eigenvalue weighted by Gasteiger charge is 2.20. The third kappa shape index (κ3) is 2.98. The van der Waals surface area contributed by atoms with Crippen molar-refractivity contribution in [3.8, 4) is 0 Å². The zero-order valence-corrected chi connectivity index (χ0v) is 10.3. The van der Waals surface area contributed by atoms with Gasteiger partial charge in [0.05, 0.1) is 12.7 Å². The van der Waals surface area contributed by atoms with Crippen molar-refractivity contribution in [3.63, 3.8) is 0 Å². The van der Waals surface area contributed by atoms with Crippen molar-refractivity contribution in [1.82, 2.24) is 15.1 Å². The summed E-state index contributed by atoms with van der Waals surface area (Å²) in [4.78, 5) is 0. The van der Waals surface area contributed by atoms with E-state index in [1.54, 1.807) is 0 Å². The summed E-state index contributed by atoms with van der Waals surface area (Å²) >= 11 is 1.87. The van der Waals surface area contributed by atoms with Gasteiger partial charge in [0.1, 0.15) is 0 Å². The minimum atomic E-state index is 0.777. The lowest BCUT2D eigenvalue weighted by molar-refractivity contribution is 0.639. The molecule has 1 fully saturated rings. The SMILES string of the molecule is CSCCn1ncc(CNC2CC2)c1C. The number of nitrogens with zero attached hydrogens (tertiary/aromatic N) is 2. The van der Waals surface area contributed by atoms with Crippen LogP contribution in [0.25, 0.3) is 0 Å². The average molecular weight is 225 g/mol. The molecule has 2 rings (SSSR count). The van der Waals surface area contributed by atoms with Gasteiger partial charge in [0.15, 0.2) is 0 Å². The van der Waals surface area contributed by atoms with E-state index in [0.29, 0.717) is 0 Å². The number of thioether (sulfide) groups is 1. The summed E-state index contributed by atoms with van der Waals surface area (Å²) in [5.41, 5.74) is 2.67. The lowest BCUT2D eigenvalue weighted by Crippen LogP contribution is -2.16. The van der Waals surface area contributed by atoms with E-state index < -0.39 is 0 Å². The van der Waals surface area contributed by atoms with Crippen LogP contribution in [-0.2, 0) is 13.1 Å². The molecular weight excluding hydrogens is 206 g/mol. The number of aryl methyl sites for hydroxylation is 1. The zero-order valence-electron chi connectivity index (χ0n) is 9.49. The van der Waals surface area contributed by atoms with Gasteiger partial charge >= 0.3 is 0 Å². The maximum Gasteiger partial charge on any atom is 0.0537 e. The van der Waals surface area contributed by atoms with E-state index in [2.05, 4.69) is 28.3 Å². The van der Waals surface area contributed by atoms with E-state index in [0.717, 1.165) is 24.9 Å². The first-order chi connectivity index (χ1) is 7.31. The summed E-state index contributed by atoms with van der Waals surface area (Å²) < 4.78 is 2.11. The number of rotatable bonds is 6. The lowest BCUT2D eigenvalue weighted by atomic mass is 10.2. The molecule has 0 bridgehead atoms. The lowest BCUT2D eigenvalue weighted by Gasteiger charge is -2.05. The van der Waals surface area contributed by atoms with Crippen molar-refractivity contribution >= 4 is 11.8 Å². The Hall–Kier alpha value is -0.480.